The van der Waals surface area contributed by atoms with E-state index >= 15 is 0 Å². The van der Waals surface area contributed by atoms with Gasteiger partial charge in [0.1, 0.15) is 4.90 Å². The lowest BCUT2D eigenvalue weighted by Gasteiger charge is -2.09. The van der Waals surface area contributed by atoms with Crippen LogP contribution in [0, 0.1) is 0 Å². The lowest BCUT2D eigenvalue weighted by Crippen LogP contribution is -2.48. The fourth-order valence-corrected chi connectivity index (χ4v) is 2.99. The maximum absolute atomic E-state index is 12.0. The molecule has 0 heterocycles. The number of benzene rings is 1. The van der Waals surface area contributed by atoms with E-state index in [2.05, 4.69) is 5.32 Å². The molecule has 2 amide bonds. The van der Waals surface area contributed by atoms with Crippen molar-refractivity contribution < 1.29 is 18.0 Å². The standard InChI is InChI=1S/C11H11Cl2N3O4S/c12-6-1-4-8(13)9(5-6)21(19,20)16-15-11(18)10(17)14-7-2-3-7/h1,4-5,7,16H,2-3H2,(H,14,17)(H,15,18). The number of hydrazine groups is 1. The number of sulfonamides is 1. The molecule has 2 rings (SSSR count). The average molecular weight is 352 g/mol. The maximum Gasteiger partial charge on any atom is 0.324 e. The zero-order chi connectivity index (χ0) is 15.6. The van der Waals surface area contributed by atoms with Gasteiger partial charge in [0.05, 0.1) is 5.02 Å². The minimum absolute atomic E-state index is 0.0118. The molecule has 10 heteroatoms. The summed E-state index contributed by atoms with van der Waals surface area (Å²) in [5, 5.41) is 2.52. The topological polar surface area (TPSA) is 104 Å². The van der Waals surface area contributed by atoms with Gasteiger partial charge in [0.2, 0.25) is 0 Å². The minimum atomic E-state index is -4.13. The van der Waals surface area contributed by atoms with Gasteiger partial charge in [0.25, 0.3) is 10.0 Å². The predicted octanol–water partition coefficient (Wildman–Crippen LogP) is 0.581. The highest BCUT2D eigenvalue weighted by Crippen LogP contribution is 2.24. The van der Waals surface area contributed by atoms with E-state index in [1.807, 2.05) is 5.43 Å². The Morgan fingerprint density at radius 3 is 2.43 bits per heavy atom. The molecule has 21 heavy (non-hydrogen) atoms. The van der Waals surface area contributed by atoms with Crippen LogP contribution in [-0.2, 0) is 19.6 Å². The number of hydrogen-bond donors (Lipinski definition) is 3. The fourth-order valence-electron chi connectivity index (χ4n) is 1.39. The highest BCUT2D eigenvalue weighted by atomic mass is 35.5. The molecule has 0 saturated heterocycles. The van der Waals surface area contributed by atoms with Gasteiger partial charge in [-0.3, -0.25) is 15.0 Å². The van der Waals surface area contributed by atoms with E-state index in [9.17, 15) is 18.0 Å². The Bertz CT molecular complexity index is 689. The first-order valence-electron chi connectivity index (χ1n) is 5.87. The van der Waals surface area contributed by atoms with Crippen molar-refractivity contribution in [2.45, 2.75) is 23.8 Å². The highest BCUT2D eigenvalue weighted by Gasteiger charge is 2.27. The molecule has 0 spiro atoms. The number of hydrogen-bond acceptors (Lipinski definition) is 4. The summed E-state index contributed by atoms with van der Waals surface area (Å²) in [5.74, 6) is -2.01. The zero-order valence-corrected chi connectivity index (χ0v) is 12.8. The molecular formula is C11H11Cl2N3O4S. The molecule has 0 radical (unpaired) electrons. The quantitative estimate of drug-likeness (QED) is 0.545. The number of halogens is 2. The molecular weight excluding hydrogens is 341 g/mol. The second-order valence-corrected chi connectivity index (χ2v) is 6.88. The summed E-state index contributed by atoms with van der Waals surface area (Å²) in [4.78, 5) is 24.3. The van der Waals surface area contributed by atoms with Crippen molar-refractivity contribution >= 4 is 45.0 Å². The maximum atomic E-state index is 12.0. The highest BCUT2D eigenvalue weighted by molar-refractivity contribution is 7.89. The van der Waals surface area contributed by atoms with Gasteiger partial charge in [-0.05, 0) is 31.0 Å². The van der Waals surface area contributed by atoms with Crippen molar-refractivity contribution in [3.8, 4) is 0 Å². The van der Waals surface area contributed by atoms with Gasteiger partial charge in [0, 0.05) is 11.1 Å². The smallest absolute Gasteiger partial charge is 0.324 e. The number of amides is 2. The largest absolute Gasteiger partial charge is 0.345 e. The van der Waals surface area contributed by atoms with Gasteiger partial charge in [-0.1, -0.05) is 23.2 Å². The molecule has 0 aliphatic heterocycles. The first-order valence-corrected chi connectivity index (χ1v) is 8.11. The van der Waals surface area contributed by atoms with Gasteiger partial charge in [0.15, 0.2) is 0 Å². The molecule has 1 saturated carbocycles. The first kappa shape index (κ1) is 16.0. The molecule has 0 aromatic heterocycles. The van der Waals surface area contributed by atoms with E-state index in [1.165, 1.54) is 12.1 Å². The lowest BCUT2D eigenvalue weighted by molar-refractivity contribution is -0.139. The van der Waals surface area contributed by atoms with Gasteiger partial charge in [-0.25, -0.2) is 8.42 Å². The van der Waals surface area contributed by atoms with Crippen molar-refractivity contribution in [1.82, 2.24) is 15.6 Å². The zero-order valence-electron chi connectivity index (χ0n) is 10.5. The van der Waals surface area contributed by atoms with E-state index in [0.717, 1.165) is 18.9 Å². The first-order chi connectivity index (χ1) is 9.79. The average Bonchev–Trinajstić information content (AvgIpc) is 3.22. The third kappa shape index (κ3) is 4.31. The summed E-state index contributed by atoms with van der Waals surface area (Å²) in [5.41, 5.74) is 1.81. The Morgan fingerprint density at radius 1 is 1.14 bits per heavy atom. The van der Waals surface area contributed by atoms with Crippen molar-refractivity contribution in [3.63, 3.8) is 0 Å². The van der Waals surface area contributed by atoms with Crippen LogP contribution < -0.4 is 15.6 Å². The summed E-state index contributed by atoms with van der Waals surface area (Å²) in [6, 6.07) is 3.84. The van der Waals surface area contributed by atoms with Crippen LogP contribution in [0.1, 0.15) is 12.8 Å². The van der Waals surface area contributed by atoms with Crippen molar-refractivity contribution in [1.29, 1.82) is 0 Å². The van der Waals surface area contributed by atoms with Crippen molar-refractivity contribution in [2.75, 3.05) is 0 Å². The van der Waals surface area contributed by atoms with Crippen LogP contribution in [0.3, 0.4) is 0 Å². The van der Waals surface area contributed by atoms with Gasteiger partial charge >= 0.3 is 11.8 Å². The molecule has 1 aromatic rings. The van der Waals surface area contributed by atoms with Crippen LogP contribution >= 0.6 is 23.2 Å². The van der Waals surface area contributed by atoms with E-state index < -0.39 is 21.8 Å². The lowest BCUT2D eigenvalue weighted by atomic mass is 10.4. The second kappa shape index (κ2) is 6.18. The Labute approximate surface area is 131 Å². The van der Waals surface area contributed by atoms with Crippen molar-refractivity contribution in [3.05, 3.63) is 28.2 Å². The summed E-state index contributed by atoms with van der Waals surface area (Å²) >= 11 is 11.5. The fraction of sp³-hybridized carbons (Fsp3) is 0.273. The molecule has 7 nitrogen and oxygen atoms in total. The molecule has 1 fully saturated rings. The SMILES string of the molecule is O=C(NNS(=O)(=O)c1cc(Cl)ccc1Cl)C(=O)NC1CC1. The van der Waals surface area contributed by atoms with Crippen LogP contribution in [0.2, 0.25) is 10.0 Å². The summed E-state index contributed by atoms with van der Waals surface area (Å²) in [6.45, 7) is 0. The van der Waals surface area contributed by atoms with Crippen molar-refractivity contribution in [2.24, 2.45) is 0 Å². The summed E-state index contributed by atoms with van der Waals surface area (Å²) in [7, 11) is -4.13. The number of nitrogens with one attached hydrogen (secondary N) is 3. The normalized spacial score (nSPS) is 14.6. The predicted molar refractivity (Wildman–Crippen MR) is 76.1 cm³/mol. The van der Waals surface area contributed by atoms with Gasteiger partial charge < -0.3 is 5.32 Å². The van der Waals surface area contributed by atoms with Crippen LogP contribution in [0.5, 0.6) is 0 Å². The molecule has 1 aromatic carbocycles. The second-order valence-electron chi connectivity index (χ2n) is 4.38. The molecule has 0 bridgehead atoms. The molecule has 0 unspecified atom stereocenters. The molecule has 114 valence electrons. The monoisotopic (exact) mass is 351 g/mol. The Kier molecular flexibility index (Phi) is 4.72. The third-order valence-electron chi connectivity index (χ3n) is 2.60. The van der Waals surface area contributed by atoms with Crippen LogP contribution in [0.4, 0.5) is 0 Å². The van der Waals surface area contributed by atoms with E-state index in [1.54, 1.807) is 4.83 Å². The number of carbonyl (C=O) groups is 2. The summed E-state index contributed by atoms with van der Waals surface area (Å²) < 4.78 is 23.9. The third-order valence-corrected chi connectivity index (χ3v) is 4.56. The molecule has 1 aliphatic rings. The number of rotatable bonds is 4. The Morgan fingerprint density at radius 2 is 1.81 bits per heavy atom. The molecule has 1 aliphatic carbocycles. The van der Waals surface area contributed by atoms with Crippen LogP contribution in [-0.4, -0.2) is 26.3 Å². The van der Waals surface area contributed by atoms with Gasteiger partial charge in [-0.15, -0.1) is 4.83 Å². The molecule has 3 N–H and O–H groups in total. The van der Waals surface area contributed by atoms with Crippen LogP contribution in [0.15, 0.2) is 23.1 Å². The Hall–Kier alpha value is -1.35. The minimum Gasteiger partial charge on any atom is -0.345 e. The number of carbonyl (C=O) groups excluding carboxylic acids is 2. The van der Waals surface area contributed by atoms with Gasteiger partial charge in [-0.2, -0.15) is 0 Å². The van der Waals surface area contributed by atoms with Crippen LogP contribution in [0.25, 0.3) is 0 Å². The van der Waals surface area contributed by atoms with E-state index in [4.69, 9.17) is 23.2 Å². The van der Waals surface area contributed by atoms with E-state index in [0.29, 0.717) is 0 Å². The Balaban J connectivity index is 2.02. The summed E-state index contributed by atoms with van der Waals surface area (Å²) in [6.07, 6.45) is 1.62. The molecule has 0 atom stereocenters. The van der Waals surface area contributed by atoms with E-state index in [-0.39, 0.29) is 21.0 Å².